The molecule has 0 atom stereocenters. The largest absolute Gasteiger partial charge is 0.494 e. The average molecular weight is 536 g/mol. The number of hydrogen-bond acceptors (Lipinski definition) is 7. The monoisotopic (exact) mass is 535 g/mol. The Morgan fingerprint density at radius 3 is 2.63 bits per heavy atom. The normalized spacial score (nSPS) is 16.4. The highest BCUT2D eigenvalue weighted by Crippen LogP contribution is 2.30. The van der Waals surface area contributed by atoms with Gasteiger partial charge in [-0.15, -0.1) is 0 Å². The van der Waals surface area contributed by atoms with Gasteiger partial charge in [-0.25, -0.2) is 14.4 Å². The third-order valence-corrected chi connectivity index (χ3v) is 7.53. The minimum absolute atomic E-state index is 0.0576. The number of nitrogens with zero attached hydrogens (tertiary/aromatic N) is 5. The van der Waals surface area contributed by atoms with Gasteiger partial charge in [0.15, 0.2) is 23.0 Å². The maximum atomic E-state index is 14.3. The molecule has 196 valence electrons. The highest BCUT2D eigenvalue weighted by atomic mass is 35.5. The summed E-state index contributed by atoms with van der Waals surface area (Å²) >= 11 is 6.57. The van der Waals surface area contributed by atoms with Crippen LogP contribution in [0.1, 0.15) is 10.4 Å². The van der Waals surface area contributed by atoms with Gasteiger partial charge in [0.25, 0.3) is 5.91 Å². The molecule has 0 bridgehead atoms. The quantitative estimate of drug-likeness (QED) is 0.389. The molecule has 0 radical (unpaired) electrons. The summed E-state index contributed by atoms with van der Waals surface area (Å²) in [5.74, 6) is 0.176. The lowest BCUT2D eigenvalue weighted by Crippen LogP contribution is -2.62. The maximum absolute atomic E-state index is 14.3. The Morgan fingerprint density at radius 1 is 1.13 bits per heavy atom. The molecule has 38 heavy (non-hydrogen) atoms. The van der Waals surface area contributed by atoms with Crippen molar-refractivity contribution in [2.75, 3.05) is 51.7 Å². The molecule has 0 spiro atoms. The van der Waals surface area contributed by atoms with Crippen LogP contribution in [0, 0.1) is 5.82 Å². The third-order valence-electron chi connectivity index (χ3n) is 7.22. The van der Waals surface area contributed by atoms with Gasteiger partial charge < -0.3 is 20.3 Å². The lowest BCUT2D eigenvalue weighted by atomic mass is 10.1. The van der Waals surface area contributed by atoms with Gasteiger partial charge in [0, 0.05) is 69.0 Å². The number of fused-ring (bicyclic) bond motifs is 1. The highest BCUT2D eigenvalue weighted by Gasteiger charge is 2.30. The zero-order valence-electron chi connectivity index (χ0n) is 20.8. The van der Waals surface area contributed by atoms with Crippen molar-refractivity contribution < 1.29 is 13.9 Å². The van der Waals surface area contributed by atoms with Gasteiger partial charge >= 0.3 is 0 Å². The van der Waals surface area contributed by atoms with E-state index in [0.29, 0.717) is 58.1 Å². The Hall–Kier alpha value is -3.73. The second-order valence-corrected chi connectivity index (χ2v) is 9.83. The van der Waals surface area contributed by atoms with Crippen molar-refractivity contribution in [3.63, 3.8) is 0 Å². The van der Waals surface area contributed by atoms with Crippen molar-refractivity contribution in [3.8, 4) is 17.0 Å². The molecule has 6 rings (SSSR count). The number of amides is 1. The van der Waals surface area contributed by atoms with E-state index in [1.807, 2.05) is 15.4 Å². The van der Waals surface area contributed by atoms with E-state index in [1.54, 1.807) is 42.9 Å². The fourth-order valence-corrected chi connectivity index (χ4v) is 5.20. The zero-order valence-corrected chi connectivity index (χ0v) is 21.6. The predicted molar refractivity (Wildman–Crippen MR) is 144 cm³/mol. The van der Waals surface area contributed by atoms with Crippen LogP contribution in [0.25, 0.3) is 16.9 Å². The second kappa shape index (κ2) is 10.2. The van der Waals surface area contributed by atoms with Crippen LogP contribution in [0.15, 0.2) is 55.0 Å². The van der Waals surface area contributed by atoms with E-state index in [4.69, 9.17) is 16.3 Å². The van der Waals surface area contributed by atoms with Crippen LogP contribution < -0.4 is 15.4 Å². The van der Waals surface area contributed by atoms with E-state index < -0.39 is 5.82 Å². The summed E-state index contributed by atoms with van der Waals surface area (Å²) in [6.45, 7) is 5.19. The minimum atomic E-state index is -0.450. The molecule has 2 aromatic carbocycles. The summed E-state index contributed by atoms with van der Waals surface area (Å²) in [6, 6.07) is 10.6. The number of piperazine rings is 1. The van der Waals surface area contributed by atoms with Crippen molar-refractivity contribution >= 4 is 34.7 Å². The van der Waals surface area contributed by atoms with Crippen molar-refractivity contribution in [1.82, 2.24) is 29.5 Å². The molecule has 2 aliphatic rings. The molecule has 4 heterocycles. The van der Waals surface area contributed by atoms with E-state index in [0.717, 1.165) is 26.2 Å². The first-order valence-electron chi connectivity index (χ1n) is 12.5. The van der Waals surface area contributed by atoms with E-state index in [2.05, 4.69) is 25.5 Å². The molecule has 2 aliphatic heterocycles. The predicted octanol–water partition coefficient (Wildman–Crippen LogP) is 3.67. The first-order valence-corrected chi connectivity index (χ1v) is 12.9. The average Bonchev–Trinajstić information content (AvgIpc) is 3.33. The van der Waals surface area contributed by atoms with Gasteiger partial charge in [-0.2, -0.15) is 0 Å². The fourth-order valence-electron chi connectivity index (χ4n) is 4.94. The molecule has 0 unspecified atom stereocenters. The second-order valence-electron chi connectivity index (χ2n) is 9.42. The fraction of sp³-hybridized carbons (Fsp3) is 0.296. The smallest absolute Gasteiger partial charge is 0.255 e. The Bertz CT molecular complexity index is 1500. The standard InChI is InChI=1S/C27H27ClFN7O2/c1-38-24-5-2-17(12-22(24)29)23-16-32-26-25(31-6-7-36(23)26)33-18-3-4-20(21(28)13-18)27(37)35-10-8-34(9-11-35)19-14-30-15-19/h2-7,12-13,16,19,30H,8-11,14-15H2,1H3,(H,31,33). The molecular weight excluding hydrogens is 509 g/mol. The first-order chi connectivity index (χ1) is 18.5. The van der Waals surface area contributed by atoms with E-state index in [-0.39, 0.29) is 11.7 Å². The maximum Gasteiger partial charge on any atom is 0.255 e. The summed E-state index contributed by atoms with van der Waals surface area (Å²) < 4.78 is 21.1. The molecule has 1 amide bonds. The molecule has 2 fully saturated rings. The molecule has 9 nitrogen and oxygen atoms in total. The van der Waals surface area contributed by atoms with Crippen LogP contribution in [0.5, 0.6) is 5.75 Å². The first kappa shape index (κ1) is 24.6. The van der Waals surface area contributed by atoms with Crippen LogP contribution >= 0.6 is 11.6 Å². The van der Waals surface area contributed by atoms with Crippen LogP contribution in [0.3, 0.4) is 0 Å². The lowest BCUT2D eigenvalue weighted by Gasteiger charge is -2.43. The van der Waals surface area contributed by atoms with Crippen LogP contribution in [-0.2, 0) is 0 Å². The van der Waals surface area contributed by atoms with E-state index in [1.165, 1.54) is 13.2 Å². The number of ether oxygens (including phenoxy) is 1. The van der Waals surface area contributed by atoms with Crippen LogP contribution in [0.4, 0.5) is 15.9 Å². The molecule has 0 saturated carbocycles. The third kappa shape index (κ3) is 4.55. The summed E-state index contributed by atoms with van der Waals surface area (Å²) in [6.07, 6.45) is 5.07. The SMILES string of the molecule is COc1ccc(-c2cnc3c(Nc4ccc(C(=O)N5CCN(C6CNC6)CC5)c(Cl)c4)nccn23)cc1F. The lowest BCUT2D eigenvalue weighted by molar-refractivity contribution is 0.0502. The number of imidazole rings is 1. The number of methoxy groups -OCH3 is 1. The number of aromatic nitrogens is 3. The molecule has 11 heteroatoms. The number of hydrogen-bond donors (Lipinski definition) is 2. The number of carbonyl (C=O) groups excluding carboxylic acids is 1. The van der Waals surface area contributed by atoms with Gasteiger partial charge in [0.2, 0.25) is 0 Å². The Kier molecular flexibility index (Phi) is 6.61. The van der Waals surface area contributed by atoms with E-state index >= 15 is 0 Å². The van der Waals surface area contributed by atoms with Gasteiger partial charge in [0.1, 0.15) is 0 Å². The molecular formula is C27H27ClFN7O2. The Balaban J connectivity index is 1.19. The highest BCUT2D eigenvalue weighted by molar-refractivity contribution is 6.34. The number of carbonyl (C=O) groups is 1. The van der Waals surface area contributed by atoms with Gasteiger partial charge in [-0.05, 0) is 36.4 Å². The van der Waals surface area contributed by atoms with Crippen molar-refractivity contribution in [3.05, 3.63) is 71.4 Å². The van der Waals surface area contributed by atoms with Crippen LogP contribution in [0.2, 0.25) is 5.02 Å². The van der Waals surface area contributed by atoms with Gasteiger partial charge in [-0.1, -0.05) is 11.6 Å². The number of benzene rings is 2. The molecule has 2 saturated heterocycles. The number of rotatable bonds is 6. The van der Waals surface area contributed by atoms with Gasteiger partial charge in [-0.3, -0.25) is 14.1 Å². The Morgan fingerprint density at radius 2 is 1.95 bits per heavy atom. The number of nitrogens with one attached hydrogen (secondary N) is 2. The van der Waals surface area contributed by atoms with Gasteiger partial charge in [0.05, 0.1) is 29.6 Å². The Labute approximate surface area is 224 Å². The molecule has 2 aromatic heterocycles. The minimum Gasteiger partial charge on any atom is -0.494 e. The summed E-state index contributed by atoms with van der Waals surface area (Å²) in [7, 11) is 1.43. The topological polar surface area (TPSA) is 87.0 Å². The molecule has 0 aliphatic carbocycles. The van der Waals surface area contributed by atoms with Crippen molar-refractivity contribution in [2.45, 2.75) is 6.04 Å². The van der Waals surface area contributed by atoms with Crippen molar-refractivity contribution in [2.24, 2.45) is 0 Å². The summed E-state index contributed by atoms with van der Waals surface area (Å²) in [4.78, 5) is 26.4. The van der Waals surface area contributed by atoms with E-state index in [9.17, 15) is 9.18 Å². The zero-order chi connectivity index (χ0) is 26.2. The number of halogens is 2. The molecule has 2 N–H and O–H groups in total. The molecule has 4 aromatic rings. The van der Waals surface area contributed by atoms with Crippen LogP contribution in [-0.4, -0.2) is 82.5 Å². The van der Waals surface area contributed by atoms with Crippen molar-refractivity contribution in [1.29, 1.82) is 0 Å². The number of anilines is 2. The summed E-state index contributed by atoms with van der Waals surface area (Å²) in [5, 5.41) is 6.92. The summed E-state index contributed by atoms with van der Waals surface area (Å²) in [5.41, 5.74) is 3.08.